The molecular weight excluding hydrogens is 292 g/mol. The van der Waals surface area contributed by atoms with Crippen molar-refractivity contribution in [1.82, 2.24) is 9.80 Å². The van der Waals surface area contributed by atoms with Crippen LogP contribution in [0, 0.1) is 0 Å². The van der Waals surface area contributed by atoms with Crippen LogP contribution >= 0.6 is 0 Å². The van der Waals surface area contributed by atoms with Crippen molar-refractivity contribution in [3.8, 4) is 0 Å². The Bertz CT molecular complexity index is 432. The maximum Gasteiger partial charge on any atom is 0.105 e. The van der Waals surface area contributed by atoms with Crippen LogP contribution in [0.2, 0.25) is 0 Å². The van der Waals surface area contributed by atoms with E-state index in [1.54, 1.807) is 0 Å². The van der Waals surface area contributed by atoms with E-state index in [0.717, 1.165) is 6.42 Å². The van der Waals surface area contributed by atoms with Gasteiger partial charge in [-0.25, -0.2) is 0 Å². The Hall–Kier alpha value is -1.44. The molecule has 0 unspecified atom stereocenters. The first kappa shape index (κ1) is 18.9. The van der Waals surface area contributed by atoms with Crippen LogP contribution in [-0.4, -0.2) is 29.1 Å². The van der Waals surface area contributed by atoms with Crippen LogP contribution in [0.1, 0.15) is 70.8 Å². The van der Waals surface area contributed by atoms with Gasteiger partial charge in [0.05, 0.1) is 0 Å². The maximum atomic E-state index is 2.57. The molecule has 0 saturated heterocycles. The number of hydrogen-bond acceptors (Lipinski definition) is 2. The fourth-order valence-electron chi connectivity index (χ4n) is 3.51. The fourth-order valence-corrected chi connectivity index (χ4v) is 3.51. The van der Waals surface area contributed by atoms with Crippen LogP contribution < -0.4 is 0 Å². The van der Waals surface area contributed by atoms with Crippen molar-refractivity contribution < 1.29 is 0 Å². The molecule has 0 spiro atoms. The van der Waals surface area contributed by atoms with Crippen molar-refractivity contribution >= 4 is 0 Å². The molecule has 1 aromatic carbocycles. The summed E-state index contributed by atoms with van der Waals surface area (Å²) in [7, 11) is 0. The number of nitrogens with zero attached hydrogens (tertiary/aromatic N) is 2. The van der Waals surface area contributed by atoms with E-state index >= 15 is 0 Å². The van der Waals surface area contributed by atoms with Gasteiger partial charge in [-0.2, -0.15) is 0 Å². The zero-order valence-corrected chi connectivity index (χ0v) is 15.8. The number of benzene rings is 1. The van der Waals surface area contributed by atoms with Gasteiger partial charge in [-0.05, 0) is 18.4 Å². The van der Waals surface area contributed by atoms with Crippen molar-refractivity contribution in [2.75, 3.05) is 13.1 Å². The first-order valence-electron chi connectivity index (χ1n) is 10.1. The summed E-state index contributed by atoms with van der Waals surface area (Å²) in [4.78, 5) is 5.14. The lowest BCUT2D eigenvalue weighted by molar-refractivity contribution is 0.148. The minimum absolute atomic E-state index is 0.510. The highest BCUT2D eigenvalue weighted by atomic mass is 15.4. The highest BCUT2D eigenvalue weighted by Crippen LogP contribution is 2.22. The summed E-state index contributed by atoms with van der Waals surface area (Å²) in [6, 6.07) is 11.0. The average Bonchev–Trinajstić information content (AvgIpc) is 2.98. The molecule has 0 fully saturated rings. The van der Waals surface area contributed by atoms with Crippen LogP contribution in [0.15, 0.2) is 42.7 Å². The lowest BCUT2D eigenvalue weighted by Crippen LogP contribution is -2.41. The van der Waals surface area contributed by atoms with Gasteiger partial charge in [-0.3, -0.25) is 0 Å². The SMILES string of the molecule is CCCCCCN1C=CN(CCCCCC)C1Cc1ccccc1. The van der Waals surface area contributed by atoms with E-state index in [9.17, 15) is 0 Å². The zero-order valence-electron chi connectivity index (χ0n) is 15.8. The molecule has 0 amide bonds. The zero-order chi connectivity index (χ0) is 17.0. The van der Waals surface area contributed by atoms with Crippen molar-refractivity contribution in [2.24, 2.45) is 0 Å². The van der Waals surface area contributed by atoms with Crippen LogP contribution in [-0.2, 0) is 6.42 Å². The number of rotatable bonds is 12. The Morgan fingerprint density at radius 1 is 0.708 bits per heavy atom. The highest BCUT2D eigenvalue weighted by molar-refractivity contribution is 5.17. The van der Waals surface area contributed by atoms with E-state index in [2.05, 4.69) is 66.4 Å². The van der Waals surface area contributed by atoms with E-state index in [1.807, 2.05) is 0 Å². The molecule has 1 aliphatic rings. The lowest BCUT2D eigenvalue weighted by Gasteiger charge is -2.33. The van der Waals surface area contributed by atoms with Gasteiger partial charge in [-0.15, -0.1) is 0 Å². The van der Waals surface area contributed by atoms with Gasteiger partial charge < -0.3 is 9.80 Å². The molecule has 1 aromatic rings. The molecular formula is C22H36N2. The average molecular weight is 329 g/mol. The summed E-state index contributed by atoms with van der Waals surface area (Å²) in [5, 5.41) is 0. The van der Waals surface area contributed by atoms with Crippen molar-refractivity contribution in [3.63, 3.8) is 0 Å². The Kier molecular flexibility index (Phi) is 8.80. The van der Waals surface area contributed by atoms with Gasteiger partial charge in [0.15, 0.2) is 0 Å². The number of unbranched alkanes of at least 4 members (excludes halogenated alkanes) is 6. The fraction of sp³-hybridized carbons (Fsp3) is 0.636. The molecule has 0 bridgehead atoms. The summed E-state index contributed by atoms with van der Waals surface area (Å²) < 4.78 is 0. The molecule has 1 aliphatic heterocycles. The second kappa shape index (κ2) is 11.2. The van der Waals surface area contributed by atoms with E-state index in [0.29, 0.717) is 6.17 Å². The van der Waals surface area contributed by atoms with E-state index in [-0.39, 0.29) is 0 Å². The molecule has 2 heteroatoms. The predicted octanol–water partition coefficient (Wildman–Crippen LogP) is 5.80. The molecule has 2 rings (SSSR count). The third-order valence-corrected chi connectivity index (χ3v) is 5.02. The van der Waals surface area contributed by atoms with E-state index in [4.69, 9.17) is 0 Å². The molecule has 0 radical (unpaired) electrons. The summed E-state index contributed by atoms with van der Waals surface area (Å²) in [5.74, 6) is 0. The third kappa shape index (κ3) is 6.22. The van der Waals surface area contributed by atoms with Crippen LogP contribution in [0.4, 0.5) is 0 Å². The summed E-state index contributed by atoms with van der Waals surface area (Å²) in [6.07, 6.45) is 17.0. The van der Waals surface area contributed by atoms with Crippen molar-refractivity contribution in [2.45, 2.75) is 77.8 Å². The second-order valence-corrected chi connectivity index (χ2v) is 7.07. The van der Waals surface area contributed by atoms with Gasteiger partial charge in [0, 0.05) is 31.9 Å². The largest absolute Gasteiger partial charge is 0.356 e. The summed E-state index contributed by atoms with van der Waals surface area (Å²) >= 11 is 0. The van der Waals surface area contributed by atoms with E-state index < -0.39 is 0 Å². The first-order valence-corrected chi connectivity index (χ1v) is 10.1. The summed E-state index contributed by atoms with van der Waals surface area (Å²) in [5.41, 5.74) is 1.45. The molecule has 0 atom stereocenters. The van der Waals surface area contributed by atoms with E-state index in [1.165, 1.54) is 70.0 Å². The van der Waals surface area contributed by atoms with Crippen molar-refractivity contribution in [3.05, 3.63) is 48.3 Å². The first-order chi connectivity index (χ1) is 11.8. The smallest absolute Gasteiger partial charge is 0.105 e. The van der Waals surface area contributed by atoms with Gasteiger partial charge in [-0.1, -0.05) is 82.7 Å². The molecule has 0 aliphatic carbocycles. The standard InChI is InChI=1S/C22H36N2/c1-3-5-7-12-16-23-18-19-24(17-13-8-6-4-2)22(23)20-21-14-10-9-11-15-21/h9-11,14-15,18-19,22H,3-8,12-13,16-17,20H2,1-2H3. The molecule has 0 aromatic heterocycles. The lowest BCUT2D eigenvalue weighted by atomic mass is 10.1. The van der Waals surface area contributed by atoms with Gasteiger partial charge >= 0.3 is 0 Å². The van der Waals surface area contributed by atoms with Gasteiger partial charge in [0.1, 0.15) is 6.17 Å². The van der Waals surface area contributed by atoms with Gasteiger partial charge in [0.2, 0.25) is 0 Å². The third-order valence-electron chi connectivity index (χ3n) is 5.02. The summed E-state index contributed by atoms with van der Waals surface area (Å²) in [6.45, 7) is 6.96. The Morgan fingerprint density at radius 3 is 1.75 bits per heavy atom. The van der Waals surface area contributed by atoms with Crippen LogP contribution in [0.5, 0.6) is 0 Å². The van der Waals surface area contributed by atoms with Crippen LogP contribution in [0.3, 0.4) is 0 Å². The van der Waals surface area contributed by atoms with Gasteiger partial charge in [0.25, 0.3) is 0 Å². The molecule has 1 heterocycles. The normalized spacial score (nSPS) is 14.8. The van der Waals surface area contributed by atoms with Crippen LogP contribution in [0.25, 0.3) is 0 Å². The minimum atomic E-state index is 0.510. The van der Waals surface area contributed by atoms with Crippen molar-refractivity contribution in [1.29, 1.82) is 0 Å². The second-order valence-electron chi connectivity index (χ2n) is 7.07. The molecule has 24 heavy (non-hydrogen) atoms. The quantitative estimate of drug-likeness (QED) is 0.447. The maximum absolute atomic E-state index is 2.57. The molecule has 134 valence electrons. The molecule has 0 saturated carbocycles. The highest BCUT2D eigenvalue weighted by Gasteiger charge is 2.25. The molecule has 0 N–H and O–H groups in total. The Morgan fingerprint density at radius 2 is 1.25 bits per heavy atom. The monoisotopic (exact) mass is 328 g/mol. The molecule has 2 nitrogen and oxygen atoms in total. The Labute approximate surface area is 149 Å². The Balaban J connectivity index is 1.89. The minimum Gasteiger partial charge on any atom is -0.356 e. The number of hydrogen-bond donors (Lipinski definition) is 0. The topological polar surface area (TPSA) is 6.48 Å². The predicted molar refractivity (Wildman–Crippen MR) is 105 cm³/mol.